The zero-order chi connectivity index (χ0) is 8.97. The lowest BCUT2D eigenvalue weighted by Gasteiger charge is -2.01. The van der Waals surface area contributed by atoms with Gasteiger partial charge in [0.2, 0.25) is 0 Å². The number of hydrogen-bond acceptors (Lipinski definition) is 3. The van der Waals surface area contributed by atoms with Crippen LogP contribution in [0, 0.1) is 6.92 Å². The SMILES string of the molecule is Cc1ccnc(/N=C/N(C)C)n1. The molecule has 0 aliphatic carbocycles. The fraction of sp³-hybridized carbons (Fsp3) is 0.375. The van der Waals surface area contributed by atoms with Crippen LogP contribution in [0.1, 0.15) is 5.69 Å². The summed E-state index contributed by atoms with van der Waals surface area (Å²) < 4.78 is 0. The molecule has 64 valence electrons. The number of aliphatic imine (C=N–C) groups is 1. The molecule has 1 heterocycles. The van der Waals surface area contributed by atoms with Crippen LogP contribution in [0.3, 0.4) is 0 Å². The van der Waals surface area contributed by atoms with Crippen molar-refractivity contribution in [3.8, 4) is 0 Å². The third kappa shape index (κ3) is 2.65. The molecule has 0 aliphatic rings. The molecule has 12 heavy (non-hydrogen) atoms. The molecule has 1 aromatic heterocycles. The van der Waals surface area contributed by atoms with Crippen LogP contribution in [0.2, 0.25) is 0 Å². The predicted octanol–water partition coefficient (Wildman–Crippen LogP) is 1.01. The van der Waals surface area contributed by atoms with E-state index in [1.807, 2.05) is 32.0 Å². The lowest BCUT2D eigenvalue weighted by Crippen LogP contribution is -2.07. The third-order valence-electron chi connectivity index (χ3n) is 1.19. The standard InChI is InChI=1S/C8H12N4/c1-7-4-5-9-8(11-7)10-6-12(2)3/h4-6H,1-3H3/b10-6+. The Kier molecular flexibility index (Phi) is 2.74. The number of aromatic nitrogens is 2. The van der Waals surface area contributed by atoms with Crippen LogP contribution in [-0.2, 0) is 0 Å². The maximum absolute atomic E-state index is 4.11. The summed E-state index contributed by atoms with van der Waals surface area (Å²) in [6.07, 6.45) is 3.37. The quantitative estimate of drug-likeness (QED) is 0.484. The molecule has 0 unspecified atom stereocenters. The van der Waals surface area contributed by atoms with Gasteiger partial charge in [-0.2, -0.15) is 0 Å². The minimum atomic E-state index is 0.503. The fourth-order valence-corrected chi connectivity index (χ4v) is 0.665. The van der Waals surface area contributed by atoms with Crippen LogP contribution in [0.25, 0.3) is 0 Å². The Morgan fingerprint density at radius 2 is 2.25 bits per heavy atom. The van der Waals surface area contributed by atoms with E-state index in [1.165, 1.54) is 0 Å². The van der Waals surface area contributed by atoms with Gasteiger partial charge in [-0.05, 0) is 13.0 Å². The van der Waals surface area contributed by atoms with E-state index in [0.29, 0.717) is 5.95 Å². The molecule has 4 heteroatoms. The first-order valence-electron chi connectivity index (χ1n) is 3.69. The lowest BCUT2D eigenvalue weighted by atomic mass is 10.5. The minimum absolute atomic E-state index is 0.503. The first kappa shape index (κ1) is 8.64. The molecule has 0 saturated heterocycles. The molecule has 0 aromatic carbocycles. The normalized spacial score (nSPS) is 10.6. The molecular formula is C8H12N4. The molecule has 0 N–H and O–H groups in total. The van der Waals surface area contributed by atoms with Crippen molar-refractivity contribution in [3.05, 3.63) is 18.0 Å². The van der Waals surface area contributed by atoms with Crippen molar-refractivity contribution in [2.45, 2.75) is 6.92 Å². The number of aryl methyl sites for hydroxylation is 1. The fourth-order valence-electron chi connectivity index (χ4n) is 0.665. The van der Waals surface area contributed by atoms with Crippen LogP contribution in [0.4, 0.5) is 5.95 Å². The average Bonchev–Trinajstić information content (AvgIpc) is 2.01. The molecule has 0 bridgehead atoms. The first-order chi connectivity index (χ1) is 5.68. The van der Waals surface area contributed by atoms with Gasteiger partial charge in [0, 0.05) is 26.0 Å². The Labute approximate surface area is 72.0 Å². The highest BCUT2D eigenvalue weighted by molar-refractivity contribution is 5.57. The summed E-state index contributed by atoms with van der Waals surface area (Å²) in [6.45, 7) is 1.91. The summed E-state index contributed by atoms with van der Waals surface area (Å²) in [4.78, 5) is 14.0. The lowest BCUT2D eigenvalue weighted by molar-refractivity contribution is 0.642. The topological polar surface area (TPSA) is 41.4 Å². The van der Waals surface area contributed by atoms with Crippen molar-refractivity contribution in [2.24, 2.45) is 4.99 Å². The Balaban J connectivity index is 2.76. The van der Waals surface area contributed by atoms with Crippen molar-refractivity contribution in [3.63, 3.8) is 0 Å². The van der Waals surface area contributed by atoms with Crippen molar-refractivity contribution in [1.82, 2.24) is 14.9 Å². The van der Waals surface area contributed by atoms with E-state index in [0.717, 1.165) is 5.69 Å². The van der Waals surface area contributed by atoms with Crippen LogP contribution in [0.5, 0.6) is 0 Å². The number of rotatable bonds is 2. The van der Waals surface area contributed by atoms with E-state index in [1.54, 1.807) is 12.5 Å². The molecule has 1 rings (SSSR count). The van der Waals surface area contributed by atoms with Gasteiger partial charge in [-0.3, -0.25) is 0 Å². The van der Waals surface area contributed by atoms with Gasteiger partial charge in [0.25, 0.3) is 5.95 Å². The third-order valence-corrected chi connectivity index (χ3v) is 1.19. The smallest absolute Gasteiger partial charge is 0.250 e. The molecular weight excluding hydrogens is 152 g/mol. The Bertz CT molecular complexity index is 280. The second-order valence-electron chi connectivity index (χ2n) is 2.71. The largest absolute Gasteiger partial charge is 0.369 e. The van der Waals surface area contributed by atoms with Crippen LogP contribution >= 0.6 is 0 Å². The molecule has 0 spiro atoms. The molecule has 0 saturated carbocycles. The van der Waals surface area contributed by atoms with Gasteiger partial charge in [-0.15, -0.1) is 0 Å². The Hall–Kier alpha value is -1.45. The van der Waals surface area contributed by atoms with Crippen molar-refractivity contribution >= 4 is 12.3 Å². The minimum Gasteiger partial charge on any atom is -0.369 e. The van der Waals surface area contributed by atoms with Crippen LogP contribution in [0.15, 0.2) is 17.3 Å². The maximum atomic E-state index is 4.11. The van der Waals surface area contributed by atoms with Crippen molar-refractivity contribution in [1.29, 1.82) is 0 Å². The van der Waals surface area contributed by atoms with E-state index in [4.69, 9.17) is 0 Å². The highest BCUT2D eigenvalue weighted by atomic mass is 15.1. The van der Waals surface area contributed by atoms with Gasteiger partial charge in [-0.25, -0.2) is 15.0 Å². The van der Waals surface area contributed by atoms with Gasteiger partial charge in [-0.1, -0.05) is 0 Å². The summed E-state index contributed by atoms with van der Waals surface area (Å²) >= 11 is 0. The highest BCUT2D eigenvalue weighted by Crippen LogP contribution is 2.01. The van der Waals surface area contributed by atoms with E-state index < -0.39 is 0 Å². The maximum Gasteiger partial charge on any atom is 0.250 e. The Morgan fingerprint density at radius 3 is 2.83 bits per heavy atom. The zero-order valence-electron chi connectivity index (χ0n) is 7.52. The predicted molar refractivity (Wildman–Crippen MR) is 48.6 cm³/mol. The Morgan fingerprint density at radius 1 is 1.50 bits per heavy atom. The van der Waals surface area contributed by atoms with Gasteiger partial charge in [0.05, 0.1) is 6.34 Å². The van der Waals surface area contributed by atoms with Gasteiger partial charge >= 0.3 is 0 Å². The second-order valence-corrected chi connectivity index (χ2v) is 2.71. The van der Waals surface area contributed by atoms with E-state index in [2.05, 4.69) is 15.0 Å². The zero-order valence-corrected chi connectivity index (χ0v) is 7.52. The molecule has 0 atom stereocenters. The summed E-state index contributed by atoms with van der Waals surface area (Å²) in [6, 6.07) is 1.84. The summed E-state index contributed by atoms with van der Waals surface area (Å²) in [5.74, 6) is 0.503. The highest BCUT2D eigenvalue weighted by Gasteiger charge is 1.90. The van der Waals surface area contributed by atoms with E-state index in [9.17, 15) is 0 Å². The van der Waals surface area contributed by atoms with Crippen LogP contribution in [-0.4, -0.2) is 35.3 Å². The van der Waals surface area contributed by atoms with Gasteiger partial charge in [0.1, 0.15) is 0 Å². The van der Waals surface area contributed by atoms with E-state index in [-0.39, 0.29) is 0 Å². The molecule has 0 amide bonds. The first-order valence-corrected chi connectivity index (χ1v) is 3.69. The molecule has 0 radical (unpaired) electrons. The summed E-state index contributed by atoms with van der Waals surface area (Å²) in [5, 5.41) is 0. The van der Waals surface area contributed by atoms with E-state index >= 15 is 0 Å². The monoisotopic (exact) mass is 164 g/mol. The molecule has 4 nitrogen and oxygen atoms in total. The van der Waals surface area contributed by atoms with Crippen LogP contribution < -0.4 is 0 Å². The summed E-state index contributed by atoms with van der Waals surface area (Å²) in [5.41, 5.74) is 0.927. The van der Waals surface area contributed by atoms with Crippen molar-refractivity contribution in [2.75, 3.05) is 14.1 Å². The molecule has 1 aromatic rings. The molecule has 0 fully saturated rings. The van der Waals surface area contributed by atoms with Crippen molar-refractivity contribution < 1.29 is 0 Å². The number of hydrogen-bond donors (Lipinski definition) is 0. The number of nitrogens with zero attached hydrogens (tertiary/aromatic N) is 4. The molecule has 0 aliphatic heterocycles. The average molecular weight is 164 g/mol. The second kappa shape index (κ2) is 3.80. The van der Waals surface area contributed by atoms with Gasteiger partial charge < -0.3 is 4.90 Å². The van der Waals surface area contributed by atoms with Gasteiger partial charge in [0.15, 0.2) is 0 Å². The summed E-state index contributed by atoms with van der Waals surface area (Å²) in [7, 11) is 3.80.